The standard InChI is InChI=1S/C21H30N4OS/c1-16-9-11-25(12-10-16)19(20-8-5-13-27-20)14-23-21(22)24-18-7-4-3-6-17(18)15-26-2/h3-8,13,16,19H,9-12,14-15H2,1-2H3,(H3,22,23,24). The van der Waals surface area contributed by atoms with Gasteiger partial charge >= 0.3 is 0 Å². The topological polar surface area (TPSA) is 62.9 Å². The molecule has 6 heteroatoms. The van der Waals surface area contributed by atoms with Crippen molar-refractivity contribution in [2.45, 2.75) is 32.4 Å². The summed E-state index contributed by atoms with van der Waals surface area (Å²) in [7, 11) is 1.69. The SMILES string of the molecule is COCc1ccccc1NC(N)=NCC(c1cccs1)N1CCC(C)CC1. The number of hydrogen-bond acceptors (Lipinski definition) is 4. The van der Waals surface area contributed by atoms with Crippen molar-refractivity contribution in [3.8, 4) is 0 Å². The van der Waals surface area contributed by atoms with Gasteiger partial charge in [-0.3, -0.25) is 9.89 Å². The number of benzene rings is 1. The van der Waals surface area contributed by atoms with E-state index in [2.05, 4.69) is 39.6 Å². The number of nitrogens with one attached hydrogen (secondary N) is 1. The zero-order chi connectivity index (χ0) is 19.1. The number of thiophene rings is 1. The van der Waals surface area contributed by atoms with Crippen molar-refractivity contribution in [3.05, 3.63) is 52.2 Å². The van der Waals surface area contributed by atoms with Crippen LogP contribution >= 0.6 is 11.3 Å². The maximum Gasteiger partial charge on any atom is 0.193 e. The predicted octanol–water partition coefficient (Wildman–Crippen LogP) is 4.09. The summed E-state index contributed by atoms with van der Waals surface area (Å²) in [6.45, 7) is 5.81. The van der Waals surface area contributed by atoms with Crippen LogP contribution in [0.2, 0.25) is 0 Å². The Labute approximate surface area is 166 Å². The fourth-order valence-corrected chi connectivity index (χ4v) is 4.34. The number of ether oxygens (including phenoxy) is 1. The Morgan fingerprint density at radius 1 is 1.30 bits per heavy atom. The third-order valence-corrected chi connectivity index (χ3v) is 6.12. The van der Waals surface area contributed by atoms with E-state index in [-0.39, 0.29) is 0 Å². The number of nitrogens with zero attached hydrogens (tertiary/aromatic N) is 2. The number of anilines is 1. The molecular weight excluding hydrogens is 356 g/mol. The van der Waals surface area contributed by atoms with E-state index in [1.54, 1.807) is 18.4 Å². The molecule has 3 rings (SSSR count). The van der Waals surface area contributed by atoms with E-state index >= 15 is 0 Å². The molecule has 146 valence electrons. The van der Waals surface area contributed by atoms with E-state index in [1.807, 2.05) is 24.3 Å². The number of para-hydroxylation sites is 1. The average Bonchev–Trinajstić information content (AvgIpc) is 3.19. The van der Waals surface area contributed by atoms with Gasteiger partial charge in [-0.05, 0) is 49.4 Å². The van der Waals surface area contributed by atoms with E-state index in [4.69, 9.17) is 10.5 Å². The van der Waals surface area contributed by atoms with Gasteiger partial charge in [-0.1, -0.05) is 31.2 Å². The van der Waals surface area contributed by atoms with E-state index in [1.165, 1.54) is 17.7 Å². The molecule has 0 spiro atoms. The summed E-state index contributed by atoms with van der Waals surface area (Å²) in [5, 5.41) is 5.38. The van der Waals surface area contributed by atoms with Crippen LogP contribution in [0.3, 0.4) is 0 Å². The molecule has 27 heavy (non-hydrogen) atoms. The molecule has 5 nitrogen and oxygen atoms in total. The van der Waals surface area contributed by atoms with Gasteiger partial charge in [0.05, 0.1) is 19.2 Å². The number of rotatable bonds is 7. The molecule has 1 atom stereocenters. The highest BCUT2D eigenvalue weighted by atomic mass is 32.1. The highest BCUT2D eigenvalue weighted by Gasteiger charge is 2.25. The van der Waals surface area contributed by atoms with Crippen molar-refractivity contribution in [2.24, 2.45) is 16.6 Å². The van der Waals surface area contributed by atoms with Crippen LogP contribution < -0.4 is 11.1 Å². The van der Waals surface area contributed by atoms with Gasteiger partial charge in [0, 0.05) is 23.2 Å². The monoisotopic (exact) mass is 386 g/mol. The Morgan fingerprint density at radius 3 is 2.78 bits per heavy atom. The highest BCUT2D eigenvalue weighted by molar-refractivity contribution is 7.10. The molecule has 0 amide bonds. The molecule has 3 N–H and O–H groups in total. The Hall–Kier alpha value is -1.89. The fourth-order valence-electron chi connectivity index (χ4n) is 3.49. The van der Waals surface area contributed by atoms with Gasteiger partial charge in [-0.2, -0.15) is 0 Å². The van der Waals surface area contributed by atoms with Crippen molar-refractivity contribution in [3.63, 3.8) is 0 Å². The van der Waals surface area contributed by atoms with Crippen LogP contribution in [-0.4, -0.2) is 37.6 Å². The highest BCUT2D eigenvalue weighted by Crippen LogP contribution is 2.29. The summed E-state index contributed by atoms with van der Waals surface area (Å²) in [6.07, 6.45) is 2.51. The van der Waals surface area contributed by atoms with Gasteiger partial charge in [0.2, 0.25) is 0 Å². The van der Waals surface area contributed by atoms with Crippen molar-refractivity contribution < 1.29 is 4.74 Å². The molecule has 0 saturated carbocycles. The second-order valence-corrected chi connectivity index (χ2v) is 8.17. The van der Waals surface area contributed by atoms with Crippen LogP contribution in [0.25, 0.3) is 0 Å². The Kier molecular flexibility index (Phi) is 7.26. The molecule has 0 bridgehead atoms. The van der Waals surface area contributed by atoms with Gasteiger partial charge in [0.25, 0.3) is 0 Å². The first-order valence-electron chi connectivity index (χ1n) is 9.58. The van der Waals surface area contributed by atoms with Gasteiger partial charge in [0.1, 0.15) is 0 Å². The molecule has 1 aromatic carbocycles. The molecule has 1 aromatic heterocycles. The third kappa shape index (κ3) is 5.54. The summed E-state index contributed by atoms with van der Waals surface area (Å²) in [6, 6.07) is 12.6. The number of guanidine groups is 1. The van der Waals surface area contributed by atoms with Gasteiger partial charge in [-0.15, -0.1) is 11.3 Å². The summed E-state index contributed by atoms with van der Waals surface area (Å²) >= 11 is 1.80. The number of piperidine rings is 1. The first-order chi connectivity index (χ1) is 13.2. The lowest BCUT2D eigenvalue weighted by Gasteiger charge is -2.35. The minimum absolute atomic E-state index is 0.298. The normalized spacial score (nSPS) is 17.8. The van der Waals surface area contributed by atoms with E-state index < -0.39 is 0 Å². The first kappa shape index (κ1) is 19.9. The first-order valence-corrected chi connectivity index (χ1v) is 10.5. The van der Waals surface area contributed by atoms with Crippen LogP contribution in [0.4, 0.5) is 5.69 Å². The van der Waals surface area contributed by atoms with Gasteiger partial charge in [0.15, 0.2) is 5.96 Å². The van der Waals surface area contributed by atoms with Crippen molar-refractivity contribution in [1.82, 2.24) is 4.90 Å². The number of methoxy groups -OCH3 is 1. The predicted molar refractivity (Wildman–Crippen MR) is 114 cm³/mol. The van der Waals surface area contributed by atoms with Gasteiger partial charge in [-0.25, -0.2) is 0 Å². The van der Waals surface area contributed by atoms with E-state index in [9.17, 15) is 0 Å². The number of nitrogens with two attached hydrogens (primary N) is 1. The van der Waals surface area contributed by atoms with E-state index in [0.717, 1.165) is 30.3 Å². The fraction of sp³-hybridized carbons (Fsp3) is 0.476. The number of hydrogen-bond donors (Lipinski definition) is 2. The maximum atomic E-state index is 6.21. The smallest absolute Gasteiger partial charge is 0.193 e. The molecular formula is C21H30N4OS. The second kappa shape index (κ2) is 9.88. The summed E-state index contributed by atoms with van der Waals surface area (Å²) < 4.78 is 5.26. The molecule has 1 aliphatic rings. The lowest BCUT2D eigenvalue weighted by Crippen LogP contribution is -2.37. The van der Waals surface area contributed by atoms with Crippen LogP contribution in [-0.2, 0) is 11.3 Å². The molecule has 1 unspecified atom stereocenters. The quantitative estimate of drug-likeness (QED) is 0.556. The summed E-state index contributed by atoms with van der Waals surface area (Å²) in [4.78, 5) is 8.60. The Balaban J connectivity index is 1.69. The molecule has 0 radical (unpaired) electrons. The molecule has 1 aliphatic heterocycles. The lowest BCUT2D eigenvalue weighted by atomic mass is 9.97. The maximum absolute atomic E-state index is 6.21. The van der Waals surface area contributed by atoms with Crippen LogP contribution in [0.1, 0.15) is 36.2 Å². The van der Waals surface area contributed by atoms with E-state index in [0.29, 0.717) is 25.2 Å². The Morgan fingerprint density at radius 2 is 2.07 bits per heavy atom. The Bertz CT molecular complexity index is 724. The minimum Gasteiger partial charge on any atom is -0.380 e. The van der Waals surface area contributed by atoms with Crippen LogP contribution in [0, 0.1) is 5.92 Å². The third-order valence-electron chi connectivity index (χ3n) is 5.15. The largest absolute Gasteiger partial charge is 0.380 e. The number of aliphatic imine (C=N–C) groups is 1. The summed E-state index contributed by atoms with van der Waals surface area (Å²) in [5.41, 5.74) is 8.22. The summed E-state index contributed by atoms with van der Waals surface area (Å²) in [5.74, 6) is 1.27. The van der Waals surface area contributed by atoms with Crippen molar-refractivity contribution >= 4 is 23.0 Å². The van der Waals surface area contributed by atoms with Crippen LogP contribution in [0.5, 0.6) is 0 Å². The molecule has 1 saturated heterocycles. The van der Waals surface area contributed by atoms with Crippen molar-refractivity contribution in [1.29, 1.82) is 0 Å². The molecule has 0 aliphatic carbocycles. The average molecular weight is 387 g/mol. The van der Waals surface area contributed by atoms with Crippen molar-refractivity contribution in [2.75, 3.05) is 32.1 Å². The second-order valence-electron chi connectivity index (χ2n) is 7.19. The number of likely N-dealkylation sites (tertiary alicyclic amines) is 1. The molecule has 2 heterocycles. The zero-order valence-electron chi connectivity index (χ0n) is 16.2. The van der Waals surface area contributed by atoms with Gasteiger partial charge < -0.3 is 15.8 Å². The molecule has 2 aromatic rings. The zero-order valence-corrected chi connectivity index (χ0v) is 17.0. The van der Waals surface area contributed by atoms with Crippen LogP contribution in [0.15, 0.2) is 46.8 Å². The lowest BCUT2D eigenvalue weighted by molar-refractivity contribution is 0.143. The minimum atomic E-state index is 0.298. The molecule has 1 fully saturated rings.